The lowest BCUT2D eigenvalue weighted by Gasteiger charge is -2.38. The highest BCUT2D eigenvalue weighted by Crippen LogP contribution is 2.33. The Hall–Kier alpha value is -4.61. The number of carbonyl (C=O) groups is 1. The van der Waals surface area contributed by atoms with E-state index in [9.17, 15) is 13.6 Å². The number of nitrogens with zero attached hydrogens (tertiary/aromatic N) is 8. The van der Waals surface area contributed by atoms with E-state index < -0.39 is 27.1 Å². The summed E-state index contributed by atoms with van der Waals surface area (Å²) in [7, 11) is 0.643. The number of amides is 1. The number of carbonyl (C=O) groups excluding carboxylic acids is 1. The second-order valence-electron chi connectivity index (χ2n) is 13.1. The fourth-order valence-electron chi connectivity index (χ4n) is 5.53. The van der Waals surface area contributed by atoms with Crippen LogP contribution in [0.25, 0.3) is 16.0 Å². The SMILES string of the molecule is [C-]#[N+]c1cnc(N2CCc3cc(C(=O)N4CC(F)(F)C4)n(C)c3C2)nc1Nc1ccc(-c2cnn(COCC[Si](C)(C)C)c2)cc1. The molecule has 1 N–H and O–H groups in total. The number of hydrogen-bond donors (Lipinski definition) is 1. The quantitative estimate of drug-likeness (QED) is 0.130. The molecule has 0 radical (unpaired) electrons. The maximum atomic E-state index is 13.4. The summed E-state index contributed by atoms with van der Waals surface area (Å²) < 4.78 is 36.1. The lowest BCUT2D eigenvalue weighted by molar-refractivity contribution is -0.113. The molecule has 5 heterocycles. The van der Waals surface area contributed by atoms with Crippen LogP contribution in [0.4, 0.5) is 31.9 Å². The largest absolute Gasteiger partial charge is 0.360 e. The van der Waals surface area contributed by atoms with Gasteiger partial charge in [-0.05, 0) is 41.8 Å². The van der Waals surface area contributed by atoms with Gasteiger partial charge in [0.05, 0.1) is 32.4 Å². The van der Waals surface area contributed by atoms with Crippen molar-refractivity contribution in [2.75, 3.05) is 36.5 Å². The topological polar surface area (TPSA) is 97.7 Å². The molecular formula is C32H37F2N9O2Si. The molecule has 0 saturated carbocycles. The van der Waals surface area contributed by atoms with E-state index in [0.717, 1.165) is 40.7 Å². The molecule has 0 aliphatic carbocycles. The van der Waals surface area contributed by atoms with Crippen molar-refractivity contribution in [2.45, 2.75) is 51.3 Å². The third kappa shape index (κ3) is 6.80. The van der Waals surface area contributed by atoms with Gasteiger partial charge in [0.15, 0.2) is 0 Å². The number of fused-ring (bicyclic) bond motifs is 1. The van der Waals surface area contributed by atoms with Crippen molar-refractivity contribution in [3.8, 4) is 11.1 Å². The Balaban J connectivity index is 1.11. The molecule has 4 aromatic rings. The van der Waals surface area contributed by atoms with Crippen LogP contribution in [0.2, 0.25) is 25.7 Å². The Morgan fingerprint density at radius 2 is 1.91 bits per heavy atom. The summed E-state index contributed by atoms with van der Waals surface area (Å²) in [6, 6.07) is 10.7. The van der Waals surface area contributed by atoms with E-state index >= 15 is 0 Å². The van der Waals surface area contributed by atoms with E-state index in [4.69, 9.17) is 16.3 Å². The first-order chi connectivity index (χ1) is 21.9. The molecule has 2 aliphatic rings. The van der Waals surface area contributed by atoms with Crippen molar-refractivity contribution >= 4 is 37.1 Å². The number of benzene rings is 1. The number of alkyl halides is 2. The van der Waals surface area contributed by atoms with Crippen LogP contribution in [0.3, 0.4) is 0 Å². The molecule has 0 atom stereocenters. The molecule has 1 saturated heterocycles. The van der Waals surface area contributed by atoms with Crippen LogP contribution >= 0.6 is 0 Å². The summed E-state index contributed by atoms with van der Waals surface area (Å²) in [6.07, 6.45) is 5.93. The Bertz CT molecular complexity index is 1780. The molecule has 0 bridgehead atoms. The van der Waals surface area contributed by atoms with E-state index in [2.05, 4.69) is 39.9 Å². The van der Waals surface area contributed by atoms with Gasteiger partial charge in [0.1, 0.15) is 18.2 Å². The van der Waals surface area contributed by atoms with E-state index in [1.807, 2.05) is 41.6 Å². The third-order valence-electron chi connectivity index (χ3n) is 8.28. The zero-order chi connectivity index (χ0) is 32.6. The lowest BCUT2D eigenvalue weighted by Crippen LogP contribution is -2.58. The molecule has 6 rings (SSSR count). The van der Waals surface area contributed by atoms with E-state index in [0.29, 0.717) is 49.4 Å². The number of anilines is 3. The summed E-state index contributed by atoms with van der Waals surface area (Å²) in [5, 5.41) is 7.70. The summed E-state index contributed by atoms with van der Waals surface area (Å²) in [5.41, 5.74) is 5.35. The van der Waals surface area contributed by atoms with Crippen LogP contribution in [0.5, 0.6) is 0 Å². The van der Waals surface area contributed by atoms with Gasteiger partial charge in [-0.25, -0.2) is 28.3 Å². The van der Waals surface area contributed by atoms with Gasteiger partial charge in [0, 0.05) is 57.6 Å². The van der Waals surface area contributed by atoms with Crippen LogP contribution in [0.15, 0.2) is 48.9 Å². The second kappa shape index (κ2) is 12.3. The molecule has 46 heavy (non-hydrogen) atoms. The normalized spacial score (nSPS) is 15.7. The zero-order valence-electron chi connectivity index (χ0n) is 26.4. The Kier molecular flexibility index (Phi) is 8.38. The van der Waals surface area contributed by atoms with Gasteiger partial charge in [-0.15, -0.1) is 0 Å². The summed E-state index contributed by atoms with van der Waals surface area (Å²) >= 11 is 0. The number of aromatic nitrogens is 5. The number of halogens is 2. The predicted molar refractivity (Wildman–Crippen MR) is 174 cm³/mol. The average Bonchev–Trinajstić information content (AvgIpc) is 3.62. The Morgan fingerprint density at radius 3 is 2.61 bits per heavy atom. The van der Waals surface area contributed by atoms with Gasteiger partial charge in [-0.2, -0.15) is 5.10 Å². The fourth-order valence-corrected chi connectivity index (χ4v) is 6.29. The highest BCUT2D eigenvalue weighted by molar-refractivity contribution is 6.76. The number of rotatable bonds is 10. The maximum absolute atomic E-state index is 13.4. The Labute approximate surface area is 267 Å². The average molecular weight is 646 g/mol. The number of nitrogens with one attached hydrogen (secondary N) is 1. The number of ether oxygens (including phenoxy) is 1. The van der Waals surface area contributed by atoms with Crippen LogP contribution in [0, 0.1) is 6.57 Å². The van der Waals surface area contributed by atoms with Gasteiger partial charge >= 0.3 is 0 Å². The molecule has 3 aromatic heterocycles. The summed E-state index contributed by atoms with van der Waals surface area (Å²) in [5.74, 6) is -2.36. The van der Waals surface area contributed by atoms with Gasteiger partial charge < -0.3 is 24.4 Å². The molecular weight excluding hydrogens is 608 g/mol. The van der Waals surface area contributed by atoms with Crippen molar-refractivity contribution in [3.63, 3.8) is 0 Å². The van der Waals surface area contributed by atoms with Crippen molar-refractivity contribution in [3.05, 3.63) is 77.3 Å². The smallest absolute Gasteiger partial charge is 0.282 e. The molecule has 0 unspecified atom stereocenters. The zero-order valence-corrected chi connectivity index (χ0v) is 27.4. The maximum Gasteiger partial charge on any atom is 0.282 e. The van der Waals surface area contributed by atoms with Crippen LogP contribution < -0.4 is 10.2 Å². The molecule has 240 valence electrons. The monoisotopic (exact) mass is 645 g/mol. The first kappa shape index (κ1) is 31.4. The highest BCUT2D eigenvalue weighted by atomic mass is 28.3. The first-order valence-electron chi connectivity index (χ1n) is 15.2. The van der Waals surface area contributed by atoms with Crippen molar-refractivity contribution in [1.82, 2.24) is 29.2 Å². The molecule has 1 aromatic carbocycles. The number of hydrogen-bond acceptors (Lipinski definition) is 7. The van der Waals surface area contributed by atoms with Crippen molar-refractivity contribution < 1.29 is 18.3 Å². The molecule has 1 fully saturated rings. The summed E-state index contributed by atoms with van der Waals surface area (Å²) in [4.78, 5) is 28.8. The minimum absolute atomic E-state index is 0.291. The van der Waals surface area contributed by atoms with Gasteiger partial charge in [-0.3, -0.25) is 4.79 Å². The minimum Gasteiger partial charge on any atom is -0.360 e. The Morgan fingerprint density at radius 1 is 1.15 bits per heavy atom. The van der Waals surface area contributed by atoms with Crippen molar-refractivity contribution in [2.24, 2.45) is 7.05 Å². The third-order valence-corrected chi connectivity index (χ3v) is 9.99. The van der Waals surface area contributed by atoms with E-state index in [-0.39, 0.29) is 5.91 Å². The van der Waals surface area contributed by atoms with Gasteiger partial charge in [-0.1, -0.05) is 31.8 Å². The molecule has 0 spiro atoms. The molecule has 11 nitrogen and oxygen atoms in total. The van der Waals surface area contributed by atoms with E-state index in [1.165, 1.54) is 11.1 Å². The molecule has 2 aliphatic heterocycles. The molecule has 14 heteroatoms. The minimum atomic E-state index is -2.81. The second-order valence-corrected chi connectivity index (χ2v) is 18.7. The highest BCUT2D eigenvalue weighted by Gasteiger charge is 2.47. The fraction of sp³-hybridized carbons (Fsp3) is 0.406. The summed E-state index contributed by atoms with van der Waals surface area (Å²) in [6.45, 7) is 15.7. The van der Waals surface area contributed by atoms with E-state index in [1.54, 1.807) is 22.4 Å². The van der Waals surface area contributed by atoms with Crippen LogP contribution in [-0.2, 0) is 31.5 Å². The van der Waals surface area contributed by atoms with Crippen LogP contribution in [0.1, 0.15) is 21.7 Å². The van der Waals surface area contributed by atoms with Crippen molar-refractivity contribution in [1.29, 1.82) is 0 Å². The lowest BCUT2D eigenvalue weighted by atomic mass is 10.1. The predicted octanol–water partition coefficient (Wildman–Crippen LogP) is 5.94. The molecule has 1 amide bonds. The van der Waals surface area contributed by atoms with Gasteiger partial charge in [0.25, 0.3) is 11.8 Å². The van der Waals surface area contributed by atoms with Crippen LogP contribution in [-0.4, -0.2) is 75.4 Å². The van der Waals surface area contributed by atoms with Gasteiger partial charge in [0.2, 0.25) is 11.6 Å². The number of likely N-dealkylation sites (tertiary alicyclic amines) is 1. The standard InChI is InChI=1S/C32H37F2N9O2Si/c1-35-26-16-36-31(41-11-10-23-14-27(40(2)28(23)18-41)30(44)42-19-32(33,34)20-42)39-29(26)38-25-8-6-22(7-9-25)24-15-37-43(17-24)21-45-12-13-46(3,4)5/h6-9,14-17H,10-13,18-21H2,2-5H3,(H,36,38,39). The first-order valence-corrected chi connectivity index (χ1v) is 18.9.